The molecule has 0 aliphatic heterocycles. The van der Waals surface area contributed by atoms with Crippen LogP contribution in [0.4, 0.5) is 0 Å². The third kappa shape index (κ3) is 3.07. The van der Waals surface area contributed by atoms with E-state index in [1.807, 2.05) is 51.2 Å². The Morgan fingerprint density at radius 3 is 2.50 bits per heavy atom. The first kappa shape index (κ1) is 14.7. The third-order valence-corrected chi connectivity index (χ3v) is 4.10. The highest BCUT2D eigenvalue weighted by Crippen LogP contribution is 2.24. The number of carbonyl (C=O) groups is 1. The Bertz CT molecular complexity index is 613. The van der Waals surface area contributed by atoms with Gasteiger partial charge in [-0.3, -0.25) is 9.78 Å². The number of aromatic nitrogens is 1. The lowest BCUT2D eigenvalue weighted by Crippen LogP contribution is -2.29. The second-order valence-corrected chi connectivity index (χ2v) is 5.71. The smallest absolute Gasteiger partial charge is 0.255 e. The molecule has 0 aliphatic rings. The van der Waals surface area contributed by atoms with E-state index in [1.54, 1.807) is 17.3 Å². The summed E-state index contributed by atoms with van der Waals surface area (Å²) in [5, 5.41) is 0. The predicted molar refractivity (Wildman–Crippen MR) is 83.6 cm³/mol. The van der Waals surface area contributed by atoms with Gasteiger partial charge in [-0.25, -0.2) is 0 Å². The van der Waals surface area contributed by atoms with Crippen LogP contribution in [0.3, 0.4) is 0 Å². The van der Waals surface area contributed by atoms with Crippen LogP contribution in [0.2, 0.25) is 0 Å². The van der Waals surface area contributed by atoms with Gasteiger partial charge in [0.05, 0.1) is 11.6 Å². The minimum atomic E-state index is -0.00120. The van der Waals surface area contributed by atoms with Crippen molar-refractivity contribution in [2.45, 2.75) is 19.9 Å². The number of hydrogen-bond acceptors (Lipinski definition) is 2. The van der Waals surface area contributed by atoms with Gasteiger partial charge >= 0.3 is 0 Å². The highest BCUT2D eigenvalue weighted by molar-refractivity contribution is 9.10. The first-order chi connectivity index (χ1) is 9.50. The maximum absolute atomic E-state index is 12.6. The number of nitrogens with zero attached hydrogens (tertiary/aromatic N) is 2. The van der Waals surface area contributed by atoms with Gasteiger partial charge in [-0.05, 0) is 65.2 Å². The maximum atomic E-state index is 12.6. The van der Waals surface area contributed by atoms with Crippen molar-refractivity contribution in [2.75, 3.05) is 7.05 Å². The summed E-state index contributed by atoms with van der Waals surface area (Å²) in [7, 11) is 1.82. The van der Waals surface area contributed by atoms with E-state index in [-0.39, 0.29) is 11.9 Å². The fourth-order valence-corrected chi connectivity index (χ4v) is 2.69. The Morgan fingerprint density at radius 2 is 1.90 bits per heavy atom. The van der Waals surface area contributed by atoms with Crippen molar-refractivity contribution >= 4 is 21.8 Å². The van der Waals surface area contributed by atoms with Crippen LogP contribution < -0.4 is 0 Å². The molecule has 3 nitrogen and oxygen atoms in total. The summed E-state index contributed by atoms with van der Waals surface area (Å²) in [6.45, 7) is 4.01. The average molecular weight is 333 g/mol. The van der Waals surface area contributed by atoms with Crippen molar-refractivity contribution in [2.24, 2.45) is 0 Å². The van der Waals surface area contributed by atoms with Crippen molar-refractivity contribution in [1.29, 1.82) is 0 Å². The van der Waals surface area contributed by atoms with Crippen LogP contribution in [-0.2, 0) is 0 Å². The molecule has 2 aromatic rings. The molecule has 104 valence electrons. The monoisotopic (exact) mass is 332 g/mol. The minimum absolute atomic E-state index is 0.00110. The Labute approximate surface area is 127 Å². The van der Waals surface area contributed by atoms with E-state index in [0.717, 1.165) is 15.6 Å². The standard InChI is InChI=1S/C16H17BrN2O/c1-11-4-5-14(15(17)10-11)16(20)19(3)12(2)13-6-8-18-9-7-13/h4-10,12H,1-3H3. The number of pyridine rings is 1. The molecule has 0 N–H and O–H groups in total. The van der Waals surface area contributed by atoms with Crippen molar-refractivity contribution in [1.82, 2.24) is 9.88 Å². The quantitative estimate of drug-likeness (QED) is 0.851. The normalized spacial score (nSPS) is 12.0. The van der Waals surface area contributed by atoms with Gasteiger partial charge < -0.3 is 4.90 Å². The molecular formula is C16H17BrN2O. The molecule has 0 fully saturated rings. The van der Waals surface area contributed by atoms with Crippen molar-refractivity contribution in [3.8, 4) is 0 Å². The van der Waals surface area contributed by atoms with Crippen LogP contribution in [0.5, 0.6) is 0 Å². The van der Waals surface area contributed by atoms with Crippen LogP contribution >= 0.6 is 15.9 Å². The number of carbonyl (C=O) groups excluding carboxylic acids is 1. The van der Waals surface area contributed by atoms with E-state index >= 15 is 0 Å². The van der Waals surface area contributed by atoms with E-state index in [1.165, 1.54) is 0 Å². The number of amides is 1. The highest BCUT2D eigenvalue weighted by Gasteiger charge is 2.20. The van der Waals surface area contributed by atoms with Crippen LogP contribution in [0.15, 0.2) is 47.2 Å². The molecule has 1 amide bonds. The van der Waals surface area contributed by atoms with Crippen molar-refractivity contribution in [3.05, 3.63) is 63.9 Å². The summed E-state index contributed by atoms with van der Waals surface area (Å²) >= 11 is 3.46. The highest BCUT2D eigenvalue weighted by atomic mass is 79.9. The summed E-state index contributed by atoms with van der Waals surface area (Å²) < 4.78 is 0.830. The SMILES string of the molecule is Cc1ccc(C(=O)N(C)C(C)c2ccncc2)c(Br)c1. The predicted octanol–water partition coefficient (Wildman–Crippen LogP) is 3.99. The molecule has 1 unspecified atom stereocenters. The van der Waals surface area contributed by atoms with Crippen LogP contribution in [0, 0.1) is 6.92 Å². The van der Waals surface area contributed by atoms with Crippen LogP contribution in [0.1, 0.15) is 34.5 Å². The number of rotatable bonds is 3. The van der Waals surface area contributed by atoms with Gasteiger partial charge in [0.25, 0.3) is 5.91 Å². The summed E-state index contributed by atoms with van der Waals surface area (Å²) in [6.07, 6.45) is 3.48. The lowest BCUT2D eigenvalue weighted by atomic mass is 10.1. The molecule has 1 heterocycles. The first-order valence-electron chi connectivity index (χ1n) is 6.44. The molecule has 4 heteroatoms. The largest absolute Gasteiger partial charge is 0.335 e. The summed E-state index contributed by atoms with van der Waals surface area (Å²) in [5.41, 5.74) is 2.87. The van der Waals surface area contributed by atoms with E-state index in [9.17, 15) is 4.79 Å². The number of benzene rings is 1. The van der Waals surface area contributed by atoms with E-state index in [4.69, 9.17) is 0 Å². The fourth-order valence-electron chi connectivity index (χ4n) is 2.03. The Kier molecular flexibility index (Phi) is 4.55. The molecule has 2 rings (SSSR count). The molecule has 0 saturated heterocycles. The van der Waals surface area contributed by atoms with Crippen molar-refractivity contribution in [3.63, 3.8) is 0 Å². The fraction of sp³-hybridized carbons (Fsp3) is 0.250. The second kappa shape index (κ2) is 6.18. The molecule has 0 bridgehead atoms. The second-order valence-electron chi connectivity index (χ2n) is 4.86. The molecular weight excluding hydrogens is 316 g/mol. The van der Waals surface area contributed by atoms with Gasteiger partial charge in [0.2, 0.25) is 0 Å². The third-order valence-electron chi connectivity index (χ3n) is 3.44. The molecule has 0 aliphatic carbocycles. The number of hydrogen-bond donors (Lipinski definition) is 0. The number of aryl methyl sites for hydroxylation is 1. The molecule has 1 atom stereocenters. The Morgan fingerprint density at radius 1 is 1.25 bits per heavy atom. The van der Waals surface area contributed by atoms with E-state index in [2.05, 4.69) is 20.9 Å². The zero-order chi connectivity index (χ0) is 14.7. The van der Waals surface area contributed by atoms with Crippen molar-refractivity contribution < 1.29 is 4.79 Å². The van der Waals surface area contributed by atoms with Gasteiger partial charge in [0.15, 0.2) is 0 Å². The summed E-state index contributed by atoms with van der Waals surface area (Å²) in [5.74, 6) is 0.00110. The lowest BCUT2D eigenvalue weighted by Gasteiger charge is -2.25. The summed E-state index contributed by atoms with van der Waals surface area (Å²) in [4.78, 5) is 18.3. The molecule has 0 saturated carbocycles. The van der Waals surface area contributed by atoms with Crippen LogP contribution in [0.25, 0.3) is 0 Å². The first-order valence-corrected chi connectivity index (χ1v) is 7.23. The average Bonchev–Trinajstić information content (AvgIpc) is 2.46. The molecule has 0 radical (unpaired) electrons. The Balaban J connectivity index is 2.24. The van der Waals surface area contributed by atoms with Gasteiger partial charge in [0, 0.05) is 23.9 Å². The van der Waals surface area contributed by atoms with Gasteiger partial charge in [-0.15, -0.1) is 0 Å². The summed E-state index contributed by atoms with van der Waals surface area (Å²) in [6, 6.07) is 9.62. The zero-order valence-corrected chi connectivity index (χ0v) is 13.4. The number of halogens is 1. The van der Waals surface area contributed by atoms with Gasteiger partial charge in [-0.2, -0.15) is 0 Å². The van der Waals surface area contributed by atoms with E-state index in [0.29, 0.717) is 5.56 Å². The molecule has 20 heavy (non-hydrogen) atoms. The van der Waals surface area contributed by atoms with E-state index < -0.39 is 0 Å². The minimum Gasteiger partial charge on any atom is -0.335 e. The Hall–Kier alpha value is -1.68. The topological polar surface area (TPSA) is 33.2 Å². The lowest BCUT2D eigenvalue weighted by molar-refractivity contribution is 0.0741. The van der Waals surface area contributed by atoms with Crippen LogP contribution in [-0.4, -0.2) is 22.8 Å². The maximum Gasteiger partial charge on any atom is 0.255 e. The molecule has 1 aromatic heterocycles. The van der Waals surface area contributed by atoms with Gasteiger partial charge in [0.1, 0.15) is 0 Å². The molecule has 0 spiro atoms. The molecule has 1 aromatic carbocycles. The zero-order valence-electron chi connectivity index (χ0n) is 11.8. The van der Waals surface area contributed by atoms with Gasteiger partial charge in [-0.1, -0.05) is 6.07 Å².